The molecule has 0 spiro atoms. The summed E-state index contributed by atoms with van der Waals surface area (Å²) < 4.78 is 11.3. The highest BCUT2D eigenvalue weighted by molar-refractivity contribution is 5.85. The van der Waals surface area contributed by atoms with E-state index in [9.17, 15) is 4.79 Å². The van der Waals surface area contributed by atoms with Crippen molar-refractivity contribution in [3.05, 3.63) is 23.8 Å². The maximum absolute atomic E-state index is 12.4. The highest BCUT2D eigenvalue weighted by atomic mass is 35.5. The molecule has 0 radical (unpaired) electrons. The van der Waals surface area contributed by atoms with Crippen LogP contribution in [0.1, 0.15) is 45.6 Å². The number of rotatable bonds is 6. The minimum atomic E-state index is -0.166. The third-order valence-electron chi connectivity index (χ3n) is 5.70. The van der Waals surface area contributed by atoms with E-state index in [1.54, 1.807) is 0 Å². The number of carbonyl (C=O) groups excluding carboxylic acids is 1. The number of amides is 1. The number of hydrogen-bond donors (Lipinski definition) is 2. The van der Waals surface area contributed by atoms with Crippen LogP contribution >= 0.6 is 12.4 Å². The van der Waals surface area contributed by atoms with Crippen LogP contribution in [0.15, 0.2) is 18.2 Å². The largest absolute Gasteiger partial charge is 0.486 e. The summed E-state index contributed by atoms with van der Waals surface area (Å²) >= 11 is 0. The lowest BCUT2D eigenvalue weighted by molar-refractivity contribution is -0.122. The Labute approximate surface area is 169 Å². The lowest BCUT2D eigenvalue weighted by Gasteiger charge is -2.30. The standard InChI is InChI=1S/C21H32N2O3.ClH/c1-15(16-5-4-8-22-13-16)11-20(24)23-14-21(2,3)17-6-7-18-19(12-17)26-10-9-25-18;/h6-7,12,15-16,22H,4-5,8-11,13-14H2,1-3H3,(H,23,24);1H. The van der Waals surface area contributed by atoms with E-state index in [-0.39, 0.29) is 23.7 Å². The first-order chi connectivity index (χ1) is 12.5. The van der Waals surface area contributed by atoms with Crippen molar-refractivity contribution in [1.29, 1.82) is 0 Å². The van der Waals surface area contributed by atoms with Gasteiger partial charge in [-0.3, -0.25) is 4.79 Å². The molecule has 0 aliphatic carbocycles. The average Bonchev–Trinajstić information content (AvgIpc) is 2.67. The molecule has 152 valence electrons. The summed E-state index contributed by atoms with van der Waals surface area (Å²) in [7, 11) is 0. The van der Waals surface area contributed by atoms with Crippen LogP contribution in [0.5, 0.6) is 11.5 Å². The first-order valence-corrected chi connectivity index (χ1v) is 9.83. The van der Waals surface area contributed by atoms with Crippen molar-refractivity contribution in [3.8, 4) is 11.5 Å². The Morgan fingerprint density at radius 1 is 1.30 bits per heavy atom. The van der Waals surface area contributed by atoms with Gasteiger partial charge in [0.2, 0.25) is 5.91 Å². The van der Waals surface area contributed by atoms with Crippen LogP contribution < -0.4 is 20.1 Å². The van der Waals surface area contributed by atoms with Crippen molar-refractivity contribution < 1.29 is 14.3 Å². The highest BCUT2D eigenvalue weighted by Crippen LogP contribution is 2.35. The zero-order valence-electron chi connectivity index (χ0n) is 16.7. The Bertz CT molecular complexity index is 630. The van der Waals surface area contributed by atoms with Crippen LogP contribution in [-0.4, -0.2) is 38.8 Å². The van der Waals surface area contributed by atoms with Crippen LogP contribution in [0.2, 0.25) is 0 Å². The molecule has 2 N–H and O–H groups in total. The molecular formula is C21H33ClN2O3. The highest BCUT2D eigenvalue weighted by Gasteiger charge is 2.26. The summed E-state index contributed by atoms with van der Waals surface area (Å²) in [6.45, 7) is 10.4. The number of benzene rings is 1. The van der Waals surface area contributed by atoms with Crippen molar-refractivity contribution in [3.63, 3.8) is 0 Å². The van der Waals surface area contributed by atoms with Gasteiger partial charge in [-0.2, -0.15) is 0 Å². The summed E-state index contributed by atoms with van der Waals surface area (Å²) in [5, 5.41) is 6.58. The number of piperidine rings is 1. The quantitative estimate of drug-likeness (QED) is 0.774. The van der Waals surface area contributed by atoms with Gasteiger partial charge < -0.3 is 20.1 Å². The summed E-state index contributed by atoms with van der Waals surface area (Å²) in [5.41, 5.74) is 0.979. The lowest BCUT2D eigenvalue weighted by Crippen LogP contribution is -2.39. The van der Waals surface area contributed by atoms with Crippen molar-refractivity contribution in [2.75, 3.05) is 32.8 Å². The number of nitrogens with one attached hydrogen (secondary N) is 2. The Morgan fingerprint density at radius 3 is 2.74 bits per heavy atom. The molecule has 2 aliphatic rings. The summed E-state index contributed by atoms with van der Waals surface area (Å²) in [6, 6.07) is 6.07. The van der Waals surface area contributed by atoms with E-state index in [1.807, 2.05) is 12.1 Å². The minimum Gasteiger partial charge on any atom is -0.486 e. The van der Waals surface area contributed by atoms with Gasteiger partial charge in [0.25, 0.3) is 0 Å². The molecule has 0 aromatic heterocycles. The number of halogens is 1. The fourth-order valence-electron chi connectivity index (χ4n) is 3.78. The van der Waals surface area contributed by atoms with Gasteiger partial charge >= 0.3 is 0 Å². The van der Waals surface area contributed by atoms with Gasteiger partial charge in [-0.1, -0.05) is 26.8 Å². The molecular weight excluding hydrogens is 364 g/mol. The van der Waals surface area contributed by atoms with Crippen molar-refractivity contribution >= 4 is 18.3 Å². The summed E-state index contributed by atoms with van der Waals surface area (Å²) in [4.78, 5) is 12.4. The van der Waals surface area contributed by atoms with Gasteiger partial charge in [0.05, 0.1) is 0 Å². The van der Waals surface area contributed by atoms with E-state index >= 15 is 0 Å². The van der Waals surface area contributed by atoms with E-state index < -0.39 is 0 Å². The molecule has 2 heterocycles. The van der Waals surface area contributed by atoms with Gasteiger partial charge in [0.1, 0.15) is 13.2 Å². The smallest absolute Gasteiger partial charge is 0.220 e. The molecule has 2 unspecified atom stereocenters. The molecule has 1 amide bonds. The summed E-state index contributed by atoms with van der Waals surface area (Å²) in [6.07, 6.45) is 3.04. The van der Waals surface area contributed by atoms with Gasteiger partial charge in [0, 0.05) is 18.4 Å². The van der Waals surface area contributed by atoms with Crippen LogP contribution in [0.3, 0.4) is 0 Å². The molecule has 1 aromatic carbocycles. The maximum Gasteiger partial charge on any atom is 0.220 e. The van der Waals surface area contributed by atoms with E-state index in [1.165, 1.54) is 12.8 Å². The molecule has 1 fully saturated rings. The summed E-state index contributed by atoms with van der Waals surface area (Å²) in [5.74, 6) is 2.77. The second kappa shape index (κ2) is 9.65. The molecule has 6 heteroatoms. The number of carbonyl (C=O) groups is 1. The lowest BCUT2D eigenvalue weighted by atomic mass is 9.83. The van der Waals surface area contributed by atoms with E-state index in [0.717, 1.165) is 30.2 Å². The Hall–Kier alpha value is -1.46. The Balaban J connectivity index is 0.00000261. The van der Waals surface area contributed by atoms with Gasteiger partial charge in [-0.05, 0) is 55.5 Å². The fraction of sp³-hybridized carbons (Fsp3) is 0.667. The minimum absolute atomic E-state index is 0. The molecule has 2 aliphatic heterocycles. The zero-order chi connectivity index (χ0) is 18.6. The van der Waals surface area contributed by atoms with Gasteiger partial charge in [0.15, 0.2) is 11.5 Å². The number of hydrogen-bond acceptors (Lipinski definition) is 4. The first-order valence-electron chi connectivity index (χ1n) is 9.83. The topological polar surface area (TPSA) is 59.6 Å². The molecule has 1 saturated heterocycles. The van der Waals surface area contributed by atoms with Crippen LogP contribution in [0, 0.1) is 11.8 Å². The third kappa shape index (κ3) is 5.76. The van der Waals surface area contributed by atoms with Crippen LogP contribution in [0.25, 0.3) is 0 Å². The third-order valence-corrected chi connectivity index (χ3v) is 5.70. The van der Waals surface area contributed by atoms with Gasteiger partial charge in [-0.25, -0.2) is 0 Å². The van der Waals surface area contributed by atoms with Crippen LogP contribution in [-0.2, 0) is 10.2 Å². The van der Waals surface area contributed by atoms with Crippen molar-refractivity contribution in [2.45, 2.75) is 45.4 Å². The average molecular weight is 397 g/mol. The van der Waals surface area contributed by atoms with Crippen molar-refractivity contribution in [1.82, 2.24) is 10.6 Å². The van der Waals surface area contributed by atoms with E-state index in [2.05, 4.69) is 37.5 Å². The van der Waals surface area contributed by atoms with Gasteiger partial charge in [-0.15, -0.1) is 12.4 Å². The van der Waals surface area contributed by atoms with E-state index in [0.29, 0.717) is 38.0 Å². The predicted octanol–water partition coefficient (Wildman–Crippen LogP) is 3.30. The molecule has 0 bridgehead atoms. The molecule has 27 heavy (non-hydrogen) atoms. The molecule has 2 atom stereocenters. The predicted molar refractivity (Wildman–Crippen MR) is 110 cm³/mol. The monoisotopic (exact) mass is 396 g/mol. The fourth-order valence-corrected chi connectivity index (χ4v) is 3.78. The van der Waals surface area contributed by atoms with Crippen molar-refractivity contribution in [2.24, 2.45) is 11.8 Å². The molecule has 0 saturated carbocycles. The number of fused-ring (bicyclic) bond motifs is 1. The Morgan fingerprint density at radius 2 is 2.04 bits per heavy atom. The SMILES string of the molecule is CC(CC(=O)NCC(C)(C)c1ccc2c(c1)OCCO2)C1CCCNC1.Cl. The van der Waals surface area contributed by atoms with E-state index in [4.69, 9.17) is 9.47 Å². The Kier molecular flexibility index (Phi) is 7.80. The molecule has 3 rings (SSSR count). The zero-order valence-corrected chi connectivity index (χ0v) is 17.5. The molecule has 5 nitrogen and oxygen atoms in total. The second-order valence-electron chi connectivity index (χ2n) is 8.31. The molecule has 1 aromatic rings. The normalized spacial score (nSPS) is 20.3. The number of ether oxygens (including phenoxy) is 2. The van der Waals surface area contributed by atoms with Crippen LogP contribution in [0.4, 0.5) is 0 Å². The second-order valence-corrected chi connectivity index (χ2v) is 8.31. The maximum atomic E-state index is 12.4. The first kappa shape index (κ1) is 21.8.